The summed E-state index contributed by atoms with van der Waals surface area (Å²) in [5, 5.41) is 13.3. The van der Waals surface area contributed by atoms with Gasteiger partial charge in [-0.25, -0.2) is 0 Å². The molecule has 0 fully saturated rings. The summed E-state index contributed by atoms with van der Waals surface area (Å²) in [6.45, 7) is 1.86. The van der Waals surface area contributed by atoms with E-state index >= 15 is 0 Å². The number of carbonyl (C=O) groups is 2. The van der Waals surface area contributed by atoms with E-state index in [1.165, 1.54) is 18.4 Å². The van der Waals surface area contributed by atoms with Crippen LogP contribution in [0.1, 0.15) is 23.3 Å². The number of amides is 1. The minimum Gasteiger partial charge on any atom is -0.465 e. The molecule has 5 heteroatoms. The Bertz CT molecular complexity index is 761. The molecular formula is C17H15NO4. The summed E-state index contributed by atoms with van der Waals surface area (Å²) in [5.74, 6) is -0.399. The van der Waals surface area contributed by atoms with Crippen LogP contribution < -0.4 is 5.32 Å². The van der Waals surface area contributed by atoms with Crippen LogP contribution in [0.5, 0.6) is 0 Å². The van der Waals surface area contributed by atoms with Crippen molar-refractivity contribution in [2.75, 3.05) is 5.32 Å². The van der Waals surface area contributed by atoms with Crippen LogP contribution in [0.2, 0.25) is 0 Å². The van der Waals surface area contributed by atoms with E-state index in [9.17, 15) is 14.7 Å². The monoisotopic (exact) mass is 297 g/mol. The number of hydrogen-bond acceptors (Lipinski definition) is 4. The zero-order valence-corrected chi connectivity index (χ0v) is 12.0. The third-order valence-corrected chi connectivity index (χ3v) is 3.65. The Balaban J connectivity index is 1.83. The van der Waals surface area contributed by atoms with Gasteiger partial charge < -0.3 is 14.8 Å². The Labute approximate surface area is 127 Å². The number of carbonyl (C=O) groups excluding carboxylic acids is 2. The van der Waals surface area contributed by atoms with Crippen molar-refractivity contribution >= 4 is 23.5 Å². The van der Waals surface area contributed by atoms with Crippen LogP contribution in [0, 0.1) is 6.92 Å². The van der Waals surface area contributed by atoms with Gasteiger partial charge in [-0.15, -0.1) is 0 Å². The maximum atomic E-state index is 12.1. The van der Waals surface area contributed by atoms with E-state index in [2.05, 4.69) is 5.32 Å². The van der Waals surface area contributed by atoms with Crippen molar-refractivity contribution in [2.45, 2.75) is 18.9 Å². The maximum absolute atomic E-state index is 12.1. The fourth-order valence-corrected chi connectivity index (χ4v) is 2.51. The first-order valence-corrected chi connectivity index (χ1v) is 6.88. The number of ketones is 1. The van der Waals surface area contributed by atoms with Crippen LogP contribution in [0.15, 0.2) is 47.1 Å². The van der Waals surface area contributed by atoms with Gasteiger partial charge in [0.15, 0.2) is 11.4 Å². The molecule has 0 bridgehead atoms. The molecule has 0 radical (unpaired) electrons. The van der Waals surface area contributed by atoms with Crippen molar-refractivity contribution in [1.82, 2.24) is 0 Å². The highest BCUT2D eigenvalue weighted by Crippen LogP contribution is 2.39. The second-order valence-corrected chi connectivity index (χ2v) is 5.36. The summed E-state index contributed by atoms with van der Waals surface area (Å²) in [5.41, 5.74) is 0.0665. The number of allylic oxidation sites excluding steroid dienone is 1. The number of aliphatic hydroxyl groups is 1. The molecule has 112 valence electrons. The number of fused-ring (bicyclic) bond motifs is 1. The summed E-state index contributed by atoms with van der Waals surface area (Å²) < 4.78 is 5.09. The number of aryl methyl sites for hydroxylation is 1. The number of benzene rings is 1. The minimum atomic E-state index is -1.83. The van der Waals surface area contributed by atoms with Crippen LogP contribution in [-0.2, 0) is 15.2 Å². The molecule has 0 saturated carbocycles. The van der Waals surface area contributed by atoms with E-state index in [4.69, 9.17) is 4.42 Å². The smallest absolute Gasteiger partial charge is 0.261 e. The third-order valence-electron chi connectivity index (χ3n) is 3.65. The number of rotatable bonds is 4. The summed E-state index contributed by atoms with van der Waals surface area (Å²) >= 11 is 0. The van der Waals surface area contributed by atoms with Gasteiger partial charge in [-0.3, -0.25) is 9.59 Å². The molecular weight excluding hydrogens is 282 g/mol. The van der Waals surface area contributed by atoms with Crippen LogP contribution in [0.3, 0.4) is 0 Å². The number of hydrogen-bond donors (Lipinski definition) is 2. The number of nitrogens with one attached hydrogen (secondary N) is 1. The predicted molar refractivity (Wildman–Crippen MR) is 81.1 cm³/mol. The molecule has 2 aromatic rings. The zero-order chi connectivity index (χ0) is 15.7. The van der Waals surface area contributed by atoms with E-state index < -0.39 is 11.5 Å². The van der Waals surface area contributed by atoms with Crippen molar-refractivity contribution in [3.63, 3.8) is 0 Å². The highest BCUT2D eigenvalue weighted by molar-refractivity contribution is 6.08. The SMILES string of the molecule is Cc1ccc2c(c1)[C@](O)(CC(=O)/C=C/c1ccco1)C(=O)N2. The first-order valence-electron chi connectivity index (χ1n) is 6.88. The quantitative estimate of drug-likeness (QED) is 0.849. The molecule has 1 aromatic carbocycles. The standard InChI is InChI=1S/C17H15NO4/c1-11-4-7-15-14(9-11)17(21,16(20)18-15)10-12(19)5-6-13-3-2-8-22-13/h2-9,21H,10H2,1H3,(H,18,20)/b6-5+/t17-/m1/s1. The zero-order valence-electron chi connectivity index (χ0n) is 12.0. The molecule has 1 aliphatic rings. The Morgan fingerprint density at radius 2 is 2.23 bits per heavy atom. The van der Waals surface area contributed by atoms with Gasteiger partial charge in [-0.05, 0) is 37.3 Å². The lowest BCUT2D eigenvalue weighted by atomic mass is 9.89. The molecule has 1 aromatic heterocycles. The van der Waals surface area contributed by atoms with E-state index in [-0.39, 0.29) is 12.2 Å². The first kappa shape index (κ1) is 14.3. The lowest BCUT2D eigenvalue weighted by molar-refractivity contribution is -0.138. The van der Waals surface area contributed by atoms with Gasteiger partial charge in [0.2, 0.25) is 0 Å². The molecule has 1 atom stereocenters. The Morgan fingerprint density at radius 3 is 2.95 bits per heavy atom. The Kier molecular flexibility index (Phi) is 3.42. The highest BCUT2D eigenvalue weighted by Gasteiger charge is 2.46. The van der Waals surface area contributed by atoms with Crippen LogP contribution in [0.25, 0.3) is 6.08 Å². The maximum Gasteiger partial charge on any atom is 0.261 e. The van der Waals surface area contributed by atoms with Crippen molar-refractivity contribution in [2.24, 2.45) is 0 Å². The summed E-state index contributed by atoms with van der Waals surface area (Å²) in [4.78, 5) is 24.1. The molecule has 3 rings (SSSR count). The van der Waals surface area contributed by atoms with E-state index in [1.807, 2.05) is 13.0 Å². The molecule has 1 amide bonds. The topological polar surface area (TPSA) is 79.5 Å². The molecule has 2 N–H and O–H groups in total. The van der Waals surface area contributed by atoms with Crippen LogP contribution in [0.4, 0.5) is 5.69 Å². The molecule has 0 unspecified atom stereocenters. The average Bonchev–Trinajstić information content (AvgIpc) is 3.06. The van der Waals surface area contributed by atoms with E-state index in [0.29, 0.717) is 17.0 Å². The van der Waals surface area contributed by atoms with Gasteiger partial charge in [0.05, 0.1) is 12.7 Å². The largest absolute Gasteiger partial charge is 0.465 e. The second-order valence-electron chi connectivity index (χ2n) is 5.36. The van der Waals surface area contributed by atoms with Gasteiger partial charge in [0, 0.05) is 11.3 Å². The van der Waals surface area contributed by atoms with E-state index in [0.717, 1.165) is 5.56 Å². The molecule has 22 heavy (non-hydrogen) atoms. The van der Waals surface area contributed by atoms with Gasteiger partial charge in [-0.1, -0.05) is 17.7 Å². The fourth-order valence-electron chi connectivity index (χ4n) is 2.51. The average molecular weight is 297 g/mol. The summed E-state index contributed by atoms with van der Waals surface area (Å²) in [6.07, 6.45) is 4.00. The van der Waals surface area contributed by atoms with Crippen molar-refractivity contribution in [1.29, 1.82) is 0 Å². The minimum absolute atomic E-state index is 0.313. The predicted octanol–water partition coefficient (Wildman–Crippen LogP) is 2.40. The first-order chi connectivity index (χ1) is 10.5. The summed E-state index contributed by atoms with van der Waals surface area (Å²) in [7, 11) is 0. The van der Waals surface area contributed by atoms with Gasteiger partial charge >= 0.3 is 0 Å². The molecule has 0 aliphatic carbocycles. The molecule has 0 saturated heterocycles. The number of anilines is 1. The van der Waals surface area contributed by atoms with Gasteiger partial charge in [0.25, 0.3) is 5.91 Å². The molecule has 2 heterocycles. The Morgan fingerprint density at radius 1 is 1.41 bits per heavy atom. The van der Waals surface area contributed by atoms with Crippen molar-refractivity contribution in [3.8, 4) is 0 Å². The lowest BCUT2D eigenvalue weighted by Gasteiger charge is -2.19. The van der Waals surface area contributed by atoms with E-state index in [1.54, 1.807) is 24.3 Å². The fraction of sp³-hybridized carbons (Fsp3) is 0.176. The summed E-state index contributed by atoms with van der Waals surface area (Å²) in [6, 6.07) is 8.70. The third kappa shape index (κ3) is 2.46. The molecule has 1 aliphatic heterocycles. The molecule has 5 nitrogen and oxygen atoms in total. The normalized spacial score (nSPS) is 20.2. The number of furan rings is 1. The van der Waals surface area contributed by atoms with Gasteiger partial charge in [0.1, 0.15) is 5.76 Å². The molecule has 0 spiro atoms. The lowest BCUT2D eigenvalue weighted by Crippen LogP contribution is -2.36. The second kappa shape index (κ2) is 5.27. The Hall–Kier alpha value is -2.66. The van der Waals surface area contributed by atoms with Gasteiger partial charge in [-0.2, -0.15) is 0 Å². The van der Waals surface area contributed by atoms with Crippen molar-refractivity contribution in [3.05, 3.63) is 59.6 Å². The van der Waals surface area contributed by atoms with Crippen LogP contribution in [-0.4, -0.2) is 16.8 Å². The van der Waals surface area contributed by atoms with Crippen molar-refractivity contribution < 1.29 is 19.1 Å². The highest BCUT2D eigenvalue weighted by atomic mass is 16.3. The van der Waals surface area contributed by atoms with Crippen LogP contribution >= 0.6 is 0 Å².